The summed E-state index contributed by atoms with van der Waals surface area (Å²) in [6.45, 7) is 20.1. The molecule has 0 amide bonds. The Morgan fingerprint density at radius 3 is 1.02 bits per heavy atom. The SMILES string of the molecule is CCCCCCCCCCCCCCCOCC(C)OCC(C)OCC(C)OCC(C)OCC(C)OCCOCCOCCOCCOCCO. The molecule has 51 heavy (non-hydrogen) atoms. The highest BCUT2D eigenvalue weighted by atomic mass is 16.6. The first kappa shape index (κ1) is 50.6. The predicted molar refractivity (Wildman–Crippen MR) is 204 cm³/mol. The van der Waals surface area contributed by atoms with Crippen molar-refractivity contribution in [3.05, 3.63) is 0 Å². The van der Waals surface area contributed by atoms with Gasteiger partial charge in [-0.2, -0.15) is 0 Å². The maximum atomic E-state index is 8.62. The Balaban J connectivity index is 3.53. The summed E-state index contributed by atoms with van der Waals surface area (Å²) in [5.74, 6) is 0. The van der Waals surface area contributed by atoms with Gasteiger partial charge in [0.25, 0.3) is 0 Å². The normalized spacial score (nSPS) is 14.9. The van der Waals surface area contributed by atoms with E-state index in [1.165, 1.54) is 77.0 Å². The van der Waals surface area contributed by atoms with Crippen molar-refractivity contribution in [2.24, 2.45) is 0 Å². The lowest BCUT2D eigenvalue weighted by atomic mass is 10.0. The maximum absolute atomic E-state index is 8.62. The molecule has 0 radical (unpaired) electrons. The number of unbranched alkanes of at least 4 members (excludes halogenated alkanes) is 12. The highest BCUT2D eigenvalue weighted by molar-refractivity contribution is 4.58. The summed E-state index contributed by atoms with van der Waals surface area (Å²) in [5, 5.41) is 8.62. The van der Waals surface area contributed by atoms with E-state index in [1.54, 1.807) is 0 Å². The Morgan fingerprint density at radius 2 is 0.627 bits per heavy atom. The third kappa shape index (κ3) is 40.6. The van der Waals surface area contributed by atoms with Gasteiger partial charge in [0.1, 0.15) is 0 Å². The van der Waals surface area contributed by atoms with Crippen LogP contribution in [0.4, 0.5) is 0 Å². The maximum Gasteiger partial charge on any atom is 0.0781 e. The van der Waals surface area contributed by atoms with Crippen LogP contribution in [0.2, 0.25) is 0 Å². The standard InChI is InChI=1S/C40H82O11/c1-7-8-9-10-11-12-13-14-15-16-17-18-19-21-46-31-36(2)48-33-38(4)50-35-40(6)51-34-39(5)49-32-37(3)47-30-29-45-28-27-44-26-25-43-24-23-42-22-20-41/h36-41H,7-35H2,1-6H3. The van der Waals surface area contributed by atoms with Gasteiger partial charge < -0.3 is 52.5 Å². The minimum atomic E-state index is -0.0507. The van der Waals surface area contributed by atoms with E-state index in [9.17, 15) is 0 Å². The molecule has 0 bridgehead atoms. The van der Waals surface area contributed by atoms with Gasteiger partial charge >= 0.3 is 0 Å². The molecule has 5 unspecified atom stereocenters. The van der Waals surface area contributed by atoms with E-state index < -0.39 is 0 Å². The van der Waals surface area contributed by atoms with Gasteiger partial charge in [-0.25, -0.2) is 0 Å². The zero-order chi connectivity index (χ0) is 37.5. The van der Waals surface area contributed by atoms with Gasteiger partial charge in [0.2, 0.25) is 0 Å². The second-order valence-electron chi connectivity index (χ2n) is 13.7. The number of aliphatic hydroxyl groups is 1. The largest absolute Gasteiger partial charge is 0.394 e. The van der Waals surface area contributed by atoms with E-state index in [-0.39, 0.29) is 37.1 Å². The molecule has 0 spiro atoms. The molecule has 0 aliphatic carbocycles. The molecule has 11 nitrogen and oxygen atoms in total. The molecule has 0 heterocycles. The van der Waals surface area contributed by atoms with Crippen molar-refractivity contribution in [2.45, 2.75) is 156 Å². The summed E-state index contributed by atoms with van der Waals surface area (Å²) in [6, 6.07) is 0. The van der Waals surface area contributed by atoms with Crippen molar-refractivity contribution < 1.29 is 52.5 Å². The average molecular weight is 739 g/mol. The monoisotopic (exact) mass is 739 g/mol. The summed E-state index contributed by atoms with van der Waals surface area (Å²) in [4.78, 5) is 0. The number of hydrogen-bond acceptors (Lipinski definition) is 11. The fourth-order valence-corrected chi connectivity index (χ4v) is 5.05. The Kier molecular flexibility index (Phi) is 40.4. The fraction of sp³-hybridized carbons (Fsp3) is 1.00. The molecule has 0 aromatic carbocycles. The Hall–Kier alpha value is -0.440. The summed E-state index contributed by atoms with van der Waals surface area (Å²) in [7, 11) is 0. The van der Waals surface area contributed by atoms with Crippen LogP contribution in [-0.4, -0.2) is 141 Å². The van der Waals surface area contributed by atoms with Gasteiger partial charge in [-0.1, -0.05) is 84.0 Å². The number of aliphatic hydroxyl groups excluding tert-OH is 1. The second kappa shape index (κ2) is 40.7. The van der Waals surface area contributed by atoms with Crippen molar-refractivity contribution in [2.75, 3.05) is 106 Å². The zero-order valence-corrected chi connectivity index (χ0v) is 33.9. The highest BCUT2D eigenvalue weighted by Gasteiger charge is 2.13. The Labute approximate surface area is 313 Å². The van der Waals surface area contributed by atoms with Gasteiger partial charge in [0.15, 0.2) is 0 Å². The van der Waals surface area contributed by atoms with Crippen molar-refractivity contribution in [1.29, 1.82) is 0 Å². The molecule has 5 atom stereocenters. The molecule has 0 saturated carbocycles. The van der Waals surface area contributed by atoms with E-state index in [4.69, 9.17) is 52.5 Å². The van der Waals surface area contributed by atoms with E-state index in [2.05, 4.69) is 13.8 Å². The molecule has 0 saturated heterocycles. The van der Waals surface area contributed by atoms with Crippen LogP contribution in [0.25, 0.3) is 0 Å². The quantitative estimate of drug-likeness (QED) is 0.0643. The Bertz CT molecular complexity index is 660. The van der Waals surface area contributed by atoms with Crippen molar-refractivity contribution >= 4 is 0 Å². The van der Waals surface area contributed by atoms with Crippen LogP contribution in [-0.2, 0) is 47.4 Å². The minimum absolute atomic E-state index is 0.0169. The minimum Gasteiger partial charge on any atom is -0.394 e. The van der Waals surface area contributed by atoms with Crippen LogP contribution < -0.4 is 0 Å². The predicted octanol–water partition coefficient (Wildman–Crippen LogP) is 7.18. The van der Waals surface area contributed by atoms with E-state index >= 15 is 0 Å². The summed E-state index contributed by atoms with van der Waals surface area (Å²) < 4.78 is 56.8. The topological polar surface area (TPSA) is 113 Å². The highest BCUT2D eigenvalue weighted by Crippen LogP contribution is 2.12. The molecule has 0 fully saturated rings. The molecule has 0 aliphatic heterocycles. The molecular weight excluding hydrogens is 656 g/mol. The van der Waals surface area contributed by atoms with Gasteiger partial charge in [0, 0.05) is 6.61 Å². The van der Waals surface area contributed by atoms with Crippen LogP contribution in [0, 0.1) is 0 Å². The fourth-order valence-electron chi connectivity index (χ4n) is 5.05. The van der Waals surface area contributed by atoms with Crippen molar-refractivity contribution in [3.63, 3.8) is 0 Å². The summed E-state index contributed by atoms with van der Waals surface area (Å²) in [6.07, 6.45) is 17.6. The van der Waals surface area contributed by atoms with E-state index in [0.29, 0.717) is 92.5 Å². The average Bonchev–Trinajstić information content (AvgIpc) is 3.13. The zero-order valence-electron chi connectivity index (χ0n) is 33.9. The lowest BCUT2D eigenvalue weighted by Gasteiger charge is -2.22. The molecule has 11 heteroatoms. The van der Waals surface area contributed by atoms with Crippen LogP contribution in [0.5, 0.6) is 0 Å². The van der Waals surface area contributed by atoms with Gasteiger partial charge in [0.05, 0.1) is 130 Å². The first-order chi connectivity index (χ1) is 24.9. The van der Waals surface area contributed by atoms with Crippen molar-refractivity contribution in [3.8, 4) is 0 Å². The van der Waals surface area contributed by atoms with Crippen LogP contribution in [0.1, 0.15) is 125 Å². The van der Waals surface area contributed by atoms with Gasteiger partial charge in [-0.3, -0.25) is 0 Å². The molecular formula is C40H82O11. The van der Waals surface area contributed by atoms with Crippen LogP contribution in [0.15, 0.2) is 0 Å². The third-order valence-corrected chi connectivity index (χ3v) is 8.19. The third-order valence-electron chi connectivity index (χ3n) is 8.19. The molecule has 0 aliphatic rings. The van der Waals surface area contributed by atoms with E-state index in [0.717, 1.165) is 13.0 Å². The molecule has 0 rings (SSSR count). The Morgan fingerprint density at radius 1 is 0.314 bits per heavy atom. The number of rotatable bonds is 43. The second-order valence-corrected chi connectivity index (χ2v) is 13.7. The lowest BCUT2D eigenvalue weighted by molar-refractivity contribution is -0.101. The lowest BCUT2D eigenvalue weighted by Crippen LogP contribution is -2.29. The van der Waals surface area contributed by atoms with Crippen molar-refractivity contribution in [1.82, 2.24) is 0 Å². The number of ether oxygens (including phenoxy) is 10. The molecule has 0 aromatic rings. The van der Waals surface area contributed by atoms with Gasteiger partial charge in [-0.15, -0.1) is 0 Å². The van der Waals surface area contributed by atoms with Crippen LogP contribution in [0.3, 0.4) is 0 Å². The van der Waals surface area contributed by atoms with Gasteiger partial charge in [-0.05, 0) is 41.0 Å². The summed E-state index contributed by atoms with van der Waals surface area (Å²) >= 11 is 0. The first-order valence-electron chi connectivity index (χ1n) is 20.5. The smallest absolute Gasteiger partial charge is 0.0781 e. The van der Waals surface area contributed by atoms with Crippen LogP contribution >= 0.6 is 0 Å². The van der Waals surface area contributed by atoms with E-state index in [1.807, 2.05) is 27.7 Å². The number of hydrogen-bond donors (Lipinski definition) is 1. The molecule has 0 aromatic heterocycles. The first-order valence-corrected chi connectivity index (χ1v) is 20.5. The molecule has 308 valence electrons. The molecule has 1 N–H and O–H groups in total. The summed E-state index contributed by atoms with van der Waals surface area (Å²) in [5.41, 5.74) is 0.